The molecule has 14 heavy (non-hydrogen) atoms. The Bertz CT molecular complexity index is 202. The molecule has 0 saturated heterocycles. The molecule has 0 aromatic rings. The molecule has 0 aromatic carbocycles. The summed E-state index contributed by atoms with van der Waals surface area (Å²) >= 11 is 0. The fourth-order valence-electron chi connectivity index (χ4n) is 3.16. The zero-order chi connectivity index (χ0) is 9.80. The number of unbranched alkanes of at least 4 members (excludes halogenated alkanes) is 4. The molecule has 1 fully saturated rings. The third-order valence-corrected chi connectivity index (χ3v) is 4.02. The molecule has 0 aromatic heterocycles. The molecule has 0 radical (unpaired) electrons. The molecule has 0 spiro atoms. The maximum absolute atomic E-state index is 2.61. The van der Waals surface area contributed by atoms with Crippen LogP contribution in [0.4, 0.5) is 0 Å². The first-order valence-corrected chi connectivity index (χ1v) is 6.60. The van der Waals surface area contributed by atoms with Crippen molar-refractivity contribution >= 4 is 0 Å². The molecule has 0 heterocycles. The summed E-state index contributed by atoms with van der Waals surface area (Å²) in [6.45, 7) is 2.29. The van der Waals surface area contributed by atoms with Gasteiger partial charge in [-0.15, -0.1) is 0 Å². The largest absolute Gasteiger partial charge is 0.0819 e. The van der Waals surface area contributed by atoms with Gasteiger partial charge in [-0.25, -0.2) is 0 Å². The second-order valence-corrected chi connectivity index (χ2v) is 5.18. The molecule has 80 valence electrons. The number of fused-ring (bicyclic) bond motifs is 2. The quantitative estimate of drug-likeness (QED) is 0.422. The zero-order valence-corrected chi connectivity index (χ0v) is 9.60. The van der Waals surface area contributed by atoms with Crippen LogP contribution in [0.25, 0.3) is 0 Å². The molecule has 2 bridgehead atoms. The monoisotopic (exact) mass is 192 g/mol. The zero-order valence-electron chi connectivity index (χ0n) is 9.60. The number of hydrogen-bond acceptors (Lipinski definition) is 0. The van der Waals surface area contributed by atoms with Gasteiger partial charge in [0, 0.05) is 0 Å². The Morgan fingerprint density at radius 2 is 2.00 bits per heavy atom. The van der Waals surface area contributed by atoms with Gasteiger partial charge in [-0.05, 0) is 43.9 Å². The summed E-state index contributed by atoms with van der Waals surface area (Å²) < 4.78 is 0. The van der Waals surface area contributed by atoms with E-state index in [1.54, 1.807) is 0 Å². The molecule has 0 aliphatic heterocycles. The summed E-state index contributed by atoms with van der Waals surface area (Å²) in [5.41, 5.74) is 1.83. The van der Waals surface area contributed by atoms with Gasteiger partial charge >= 0.3 is 0 Å². The highest BCUT2D eigenvalue weighted by Gasteiger charge is 2.31. The predicted octanol–water partition coefficient (Wildman–Crippen LogP) is 4.70. The summed E-state index contributed by atoms with van der Waals surface area (Å²) in [5.74, 6) is 2.01. The molecule has 2 aliphatic rings. The highest BCUT2D eigenvalue weighted by molar-refractivity contribution is 5.19. The lowest BCUT2D eigenvalue weighted by Gasteiger charge is -2.12. The van der Waals surface area contributed by atoms with E-state index >= 15 is 0 Å². The van der Waals surface area contributed by atoms with E-state index in [0.717, 1.165) is 11.8 Å². The van der Waals surface area contributed by atoms with Crippen molar-refractivity contribution < 1.29 is 0 Å². The summed E-state index contributed by atoms with van der Waals surface area (Å²) in [5, 5.41) is 0. The van der Waals surface area contributed by atoms with Crippen LogP contribution in [0.15, 0.2) is 11.6 Å². The smallest absolute Gasteiger partial charge is 0.0197 e. The van der Waals surface area contributed by atoms with Gasteiger partial charge in [0.1, 0.15) is 0 Å². The Morgan fingerprint density at radius 3 is 2.64 bits per heavy atom. The lowest BCUT2D eigenvalue weighted by atomic mass is 9.94. The van der Waals surface area contributed by atoms with Crippen LogP contribution in [0, 0.1) is 11.8 Å². The fourth-order valence-corrected chi connectivity index (χ4v) is 3.16. The van der Waals surface area contributed by atoms with E-state index in [0.29, 0.717) is 0 Å². The lowest BCUT2D eigenvalue weighted by molar-refractivity contribution is 0.579. The van der Waals surface area contributed by atoms with Crippen molar-refractivity contribution in [3.05, 3.63) is 11.6 Å². The lowest BCUT2D eigenvalue weighted by Crippen LogP contribution is -1.97. The van der Waals surface area contributed by atoms with Crippen LogP contribution in [0.3, 0.4) is 0 Å². The molecule has 0 amide bonds. The Hall–Kier alpha value is -0.260. The van der Waals surface area contributed by atoms with Gasteiger partial charge in [-0.2, -0.15) is 0 Å². The summed E-state index contributed by atoms with van der Waals surface area (Å²) in [6, 6.07) is 0. The Labute approximate surface area is 88.8 Å². The van der Waals surface area contributed by atoms with Crippen molar-refractivity contribution in [2.24, 2.45) is 11.8 Å². The summed E-state index contributed by atoms with van der Waals surface area (Å²) in [4.78, 5) is 0. The minimum Gasteiger partial charge on any atom is -0.0819 e. The number of hydrogen-bond donors (Lipinski definition) is 0. The molecular formula is C14H24. The third-order valence-electron chi connectivity index (χ3n) is 4.02. The van der Waals surface area contributed by atoms with Crippen LogP contribution < -0.4 is 0 Å². The molecule has 1 saturated carbocycles. The van der Waals surface area contributed by atoms with Crippen LogP contribution in [0.5, 0.6) is 0 Å². The second kappa shape index (κ2) is 5.00. The van der Waals surface area contributed by atoms with Crippen LogP contribution in [0.1, 0.15) is 64.7 Å². The first kappa shape index (κ1) is 10.3. The first-order valence-electron chi connectivity index (χ1n) is 6.60. The van der Waals surface area contributed by atoms with Crippen molar-refractivity contribution in [2.45, 2.75) is 64.7 Å². The van der Waals surface area contributed by atoms with E-state index in [1.807, 2.05) is 5.57 Å². The van der Waals surface area contributed by atoms with Gasteiger partial charge in [0.05, 0.1) is 0 Å². The molecule has 0 nitrogen and oxygen atoms in total. The second-order valence-electron chi connectivity index (χ2n) is 5.18. The number of rotatable bonds is 6. The molecule has 2 atom stereocenters. The van der Waals surface area contributed by atoms with E-state index in [4.69, 9.17) is 0 Å². The molecule has 0 heteroatoms. The highest BCUT2D eigenvalue weighted by Crippen LogP contribution is 2.45. The third kappa shape index (κ3) is 2.40. The van der Waals surface area contributed by atoms with Gasteiger partial charge in [0.2, 0.25) is 0 Å². The molecule has 0 N–H and O–H groups in total. The average molecular weight is 192 g/mol. The van der Waals surface area contributed by atoms with E-state index in [9.17, 15) is 0 Å². The van der Waals surface area contributed by atoms with Crippen molar-refractivity contribution in [1.29, 1.82) is 0 Å². The standard InChI is InChI=1S/C14H24/c1-2-3-4-5-6-7-13-10-12-8-9-14(13)11-12/h10,12,14H,2-9,11H2,1H3. The van der Waals surface area contributed by atoms with E-state index < -0.39 is 0 Å². The Morgan fingerprint density at radius 1 is 1.14 bits per heavy atom. The summed E-state index contributed by atoms with van der Waals surface area (Å²) in [7, 11) is 0. The van der Waals surface area contributed by atoms with E-state index in [-0.39, 0.29) is 0 Å². The average Bonchev–Trinajstić information content (AvgIpc) is 2.79. The minimum absolute atomic E-state index is 0.991. The van der Waals surface area contributed by atoms with Crippen molar-refractivity contribution in [3.63, 3.8) is 0 Å². The normalized spacial score (nSPS) is 29.6. The van der Waals surface area contributed by atoms with Gasteiger partial charge in [0.25, 0.3) is 0 Å². The van der Waals surface area contributed by atoms with Gasteiger partial charge in [-0.1, -0.05) is 44.3 Å². The van der Waals surface area contributed by atoms with Crippen LogP contribution in [-0.4, -0.2) is 0 Å². The maximum Gasteiger partial charge on any atom is -0.0197 e. The van der Waals surface area contributed by atoms with Crippen molar-refractivity contribution in [1.82, 2.24) is 0 Å². The minimum atomic E-state index is 0.991. The van der Waals surface area contributed by atoms with Crippen LogP contribution in [-0.2, 0) is 0 Å². The fraction of sp³-hybridized carbons (Fsp3) is 0.857. The van der Waals surface area contributed by atoms with Crippen molar-refractivity contribution in [2.75, 3.05) is 0 Å². The van der Waals surface area contributed by atoms with E-state index in [2.05, 4.69) is 13.0 Å². The van der Waals surface area contributed by atoms with Gasteiger partial charge in [-0.3, -0.25) is 0 Å². The Kier molecular flexibility index (Phi) is 3.67. The molecule has 2 rings (SSSR count). The van der Waals surface area contributed by atoms with Gasteiger partial charge in [0.15, 0.2) is 0 Å². The highest BCUT2D eigenvalue weighted by atomic mass is 14.4. The number of allylic oxidation sites excluding steroid dienone is 2. The van der Waals surface area contributed by atoms with Crippen LogP contribution >= 0.6 is 0 Å². The van der Waals surface area contributed by atoms with Gasteiger partial charge < -0.3 is 0 Å². The molecule has 2 unspecified atom stereocenters. The van der Waals surface area contributed by atoms with E-state index in [1.165, 1.54) is 57.8 Å². The topological polar surface area (TPSA) is 0 Å². The summed E-state index contributed by atoms with van der Waals surface area (Å²) in [6.07, 6.45) is 15.7. The van der Waals surface area contributed by atoms with Crippen LogP contribution in [0.2, 0.25) is 0 Å². The van der Waals surface area contributed by atoms with Crippen molar-refractivity contribution in [3.8, 4) is 0 Å². The first-order chi connectivity index (χ1) is 6.90. The SMILES string of the molecule is CCCCCCCC1=CC2CCC1C2. The maximum atomic E-state index is 2.61. The Balaban J connectivity index is 1.60. The molecule has 2 aliphatic carbocycles. The predicted molar refractivity (Wildman–Crippen MR) is 62.3 cm³/mol. The molecular weight excluding hydrogens is 168 g/mol.